The predicted molar refractivity (Wildman–Crippen MR) is 69.6 cm³/mol. The van der Waals surface area contributed by atoms with Crippen LogP contribution in [0.3, 0.4) is 0 Å². The average Bonchev–Trinajstić information content (AvgIpc) is 2.22. The van der Waals surface area contributed by atoms with E-state index < -0.39 is 5.82 Å². The number of nitrogen functional groups attached to an aromatic ring is 1. The Morgan fingerprint density at radius 3 is 2.75 bits per heavy atom. The summed E-state index contributed by atoms with van der Waals surface area (Å²) in [5, 5.41) is 0.264. The second-order valence-electron chi connectivity index (χ2n) is 3.05. The number of nitrogens with two attached hydrogens (primary N) is 1. The number of hydrogen-bond acceptors (Lipinski definition) is 3. The Morgan fingerprint density at radius 1 is 1.38 bits per heavy atom. The molecule has 1 aromatic carbocycles. The van der Waals surface area contributed by atoms with E-state index in [1.807, 2.05) is 22.6 Å². The third kappa shape index (κ3) is 2.25. The summed E-state index contributed by atoms with van der Waals surface area (Å²) in [6.45, 7) is 0. The SMILES string of the molecule is Nc1nc(-c2ccc(F)cc2Cl)ncc1I. The maximum Gasteiger partial charge on any atom is 0.163 e. The van der Waals surface area contributed by atoms with Crippen LogP contribution in [0.15, 0.2) is 24.4 Å². The number of benzene rings is 1. The summed E-state index contributed by atoms with van der Waals surface area (Å²) in [4.78, 5) is 8.18. The van der Waals surface area contributed by atoms with Gasteiger partial charge in [0.1, 0.15) is 11.6 Å². The molecular weight excluding hydrogens is 343 g/mol. The van der Waals surface area contributed by atoms with Crippen LogP contribution in [0.2, 0.25) is 5.02 Å². The van der Waals surface area contributed by atoms with Crippen LogP contribution >= 0.6 is 34.2 Å². The van der Waals surface area contributed by atoms with Crippen molar-refractivity contribution < 1.29 is 4.39 Å². The van der Waals surface area contributed by atoms with Crippen molar-refractivity contribution >= 4 is 40.0 Å². The molecular formula is C10H6ClFIN3. The van der Waals surface area contributed by atoms with Crippen LogP contribution in [0, 0.1) is 9.39 Å². The molecule has 0 saturated heterocycles. The van der Waals surface area contributed by atoms with Gasteiger partial charge in [-0.1, -0.05) is 11.6 Å². The molecule has 2 aromatic rings. The highest BCUT2D eigenvalue weighted by Crippen LogP contribution is 2.26. The molecule has 1 aromatic heterocycles. The quantitative estimate of drug-likeness (QED) is 0.805. The van der Waals surface area contributed by atoms with Crippen LogP contribution in [-0.2, 0) is 0 Å². The molecule has 0 amide bonds. The fourth-order valence-electron chi connectivity index (χ4n) is 1.18. The molecule has 2 rings (SSSR count). The van der Waals surface area contributed by atoms with E-state index in [9.17, 15) is 4.39 Å². The lowest BCUT2D eigenvalue weighted by atomic mass is 10.2. The third-order valence-electron chi connectivity index (χ3n) is 1.94. The first kappa shape index (κ1) is 11.5. The minimum atomic E-state index is -0.396. The minimum Gasteiger partial charge on any atom is -0.383 e. The van der Waals surface area contributed by atoms with Crippen molar-refractivity contribution in [3.63, 3.8) is 0 Å². The first-order valence-electron chi connectivity index (χ1n) is 4.31. The van der Waals surface area contributed by atoms with Crippen molar-refractivity contribution in [2.75, 3.05) is 5.73 Å². The van der Waals surface area contributed by atoms with Crippen molar-refractivity contribution in [3.05, 3.63) is 38.8 Å². The van der Waals surface area contributed by atoms with E-state index in [4.69, 9.17) is 17.3 Å². The Morgan fingerprint density at radius 2 is 2.12 bits per heavy atom. The summed E-state index contributed by atoms with van der Waals surface area (Å²) in [6, 6.07) is 4.05. The highest BCUT2D eigenvalue weighted by molar-refractivity contribution is 14.1. The predicted octanol–water partition coefficient (Wildman–Crippen LogP) is 3.12. The van der Waals surface area contributed by atoms with Gasteiger partial charge in [-0.3, -0.25) is 0 Å². The van der Waals surface area contributed by atoms with Crippen molar-refractivity contribution in [2.24, 2.45) is 0 Å². The Kier molecular flexibility index (Phi) is 3.25. The molecule has 16 heavy (non-hydrogen) atoms. The number of aromatic nitrogens is 2. The van der Waals surface area contributed by atoms with Gasteiger partial charge in [0.15, 0.2) is 5.82 Å². The molecule has 0 fully saturated rings. The molecule has 1 heterocycles. The second-order valence-corrected chi connectivity index (χ2v) is 4.62. The molecule has 0 atom stereocenters. The molecule has 0 bridgehead atoms. The van der Waals surface area contributed by atoms with Crippen LogP contribution in [0.4, 0.5) is 10.2 Å². The van der Waals surface area contributed by atoms with Crippen LogP contribution in [0.25, 0.3) is 11.4 Å². The van der Waals surface area contributed by atoms with Gasteiger partial charge in [0.2, 0.25) is 0 Å². The van der Waals surface area contributed by atoms with Gasteiger partial charge in [0.05, 0.1) is 8.59 Å². The zero-order valence-corrected chi connectivity index (χ0v) is 10.8. The number of anilines is 1. The van der Waals surface area contributed by atoms with Crippen molar-refractivity contribution in [2.45, 2.75) is 0 Å². The summed E-state index contributed by atoms with van der Waals surface area (Å²) in [5.41, 5.74) is 6.22. The number of hydrogen-bond donors (Lipinski definition) is 1. The Balaban J connectivity index is 2.54. The van der Waals surface area contributed by atoms with Crippen LogP contribution in [0.1, 0.15) is 0 Å². The molecule has 0 aliphatic carbocycles. The van der Waals surface area contributed by atoms with E-state index in [0.29, 0.717) is 17.2 Å². The van der Waals surface area contributed by atoms with Crippen molar-refractivity contribution in [1.82, 2.24) is 9.97 Å². The summed E-state index contributed by atoms with van der Waals surface area (Å²) in [7, 11) is 0. The van der Waals surface area contributed by atoms with Crippen LogP contribution in [0.5, 0.6) is 0 Å². The number of rotatable bonds is 1. The molecule has 0 aliphatic heterocycles. The fourth-order valence-corrected chi connectivity index (χ4v) is 1.69. The molecule has 0 saturated carbocycles. The number of halogens is 3. The molecule has 0 radical (unpaired) electrons. The van der Waals surface area contributed by atoms with E-state index >= 15 is 0 Å². The zero-order valence-electron chi connectivity index (χ0n) is 7.92. The molecule has 82 valence electrons. The van der Waals surface area contributed by atoms with Crippen molar-refractivity contribution in [1.29, 1.82) is 0 Å². The summed E-state index contributed by atoms with van der Waals surface area (Å²) >= 11 is 7.92. The van der Waals surface area contributed by atoms with E-state index in [1.54, 1.807) is 6.20 Å². The lowest BCUT2D eigenvalue weighted by molar-refractivity contribution is 0.628. The number of nitrogens with zero attached hydrogens (tertiary/aromatic N) is 2. The summed E-state index contributed by atoms with van der Waals surface area (Å²) in [6.07, 6.45) is 1.60. The van der Waals surface area contributed by atoms with Gasteiger partial charge < -0.3 is 5.73 Å². The first-order valence-corrected chi connectivity index (χ1v) is 5.77. The molecule has 3 nitrogen and oxygen atoms in total. The van der Waals surface area contributed by atoms with E-state index in [2.05, 4.69) is 9.97 Å². The second kappa shape index (κ2) is 4.50. The van der Waals surface area contributed by atoms with Gasteiger partial charge in [-0.15, -0.1) is 0 Å². The minimum absolute atomic E-state index is 0.264. The van der Waals surface area contributed by atoms with Gasteiger partial charge in [-0.05, 0) is 40.8 Å². The normalized spacial score (nSPS) is 10.4. The Labute approximate surface area is 110 Å². The topological polar surface area (TPSA) is 51.8 Å². The monoisotopic (exact) mass is 349 g/mol. The molecule has 0 unspecified atom stereocenters. The van der Waals surface area contributed by atoms with Crippen molar-refractivity contribution in [3.8, 4) is 11.4 Å². The standard InChI is InChI=1S/C10H6ClFIN3/c11-7-3-5(12)1-2-6(7)10-15-4-8(13)9(14)16-10/h1-4H,(H2,14,15,16). The van der Waals surface area contributed by atoms with Gasteiger partial charge in [-0.25, -0.2) is 14.4 Å². The maximum atomic E-state index is 12.9. The van der Waals surface area contributed by atoms with E-state index in [0.717, 1.165) is 3.57 Å². The van der Waals surface area contributed by atoms with E-state index in [-0.39, 0.29) is 5.02 Å². The van der Waals surface area contributed by atoms with Gasteiger partial charge in [-0.2, -0.15) is 0 Å². The Hall–Kier alpha value is -0.950. The molecule has 0 aliphatic rings. The van der Waals surface area contributed by atoms with Gasteiger partial charge in [0, 0.05) is 11.8 Å². The molecule has 2 N–H and O–H groups in total. The van der Waals surface area contributed by atoms with E-state index in [1.165, 1.54) is 18.2 Å². The first-order chi connectivity index (χ1) is 7.58. The molecule has 0 spiro atoms. The summed E-state index contributed by atoms with van der Waals surface area (Å²) in [5.74, 6) is 0.376. The highest BCUT2D eigenvalue weighted by Gasteiger charge is 2.09. The summed E-state index contributed by atoms with van der Waals surface area (Å²) < 4.78 is 13.6. The molecule has 6 heteroatoms. The third-order valence-corrected chi connectivity index (χ3v) is 3.09. The lowest BCUT2D eigenvalue weighted by Crippen LogP contribution is -1.98. The highest BCUT2D eigenvalue weighted by atomic mass is 127. The fraction of sp³-hybridized carbons (Fsp3) is 0. The zero-order chi connectivity index (χ0) is 11.7. The lowest BCUT2D eigenvalue weighted by Gasteiger charge is -2.04. The van der Waals surface area contributed by atoms with Gasteiger partial charge in [0.25, 0.3) is 0 Å². The smallest absolute Gasteiger partial charge is 0.163 e. The average molecular weight is 350 g/mol. The van der Waals surface area contributed by atoms with Crippen LogP contribution < -0.4 is 5.73 Å². The van der Waals surface area contributed by atoms with Crippen LogP contribution in [-0.4, -0.2) is 9.97 Å². The van der Waals surface area contributed by atoms with Gasteiger partial charge >= 0.3 is 0 Å². The Bertz CT molecular complexity index is 548. The maximum absolute atomic E-state index is 12.9. The largest absolute Gasteiger partial charge is 0.383 e.